The summed E-state index contributed by atoms with van der Waals surface area (Å²) >= 11 is 0. The summed E-state index contributed by atoms with van der Waals surface area (Å²) in [6.07, 6.45) is 0. The van der Waals surface area contributed by atoms with Crippen molar-refractivity contribution in [2.75, 3.05) is 0 Å². The molecule has 6 heteroatoms. The summed E-state index contributed by atoms with van der Waals surface area (Å²) in [6, 6.07) is 4.89. The number of hydrogen-bond acceptors (Lipinski definition) is 3. The Hall–Kier alpha value is -1.42. The Morgan fingerprint density at radius 2 is 2.08 bits per heavy atom. The summed E-state index contributed by atoms with van der Waals surface area (Å²) in [7, 11) is 0. The molecule has 0 spiro atoms. The van der Waals surface area contributed by atoms with E-state index >= 15 is 0 Å². The minimum atomic E-state index is -1.17. The number of nitro groups is 1. The summed E-state index contributed by atoms with van der Waals surface area (Å²) in [4.78, 5) is 19.9. The first-order valence-electron chi connectivity index (χ1n) is 3.09. The zero-order valence-corrected chi connectivity index (χ0v) is 7.23. The zero-order valence-electron chi connectivity index (χ0n) is 6.24. The smallest absolute Gasteiger partial charge is 0.335 e. The van der Waals surface area contributed by atoms with Crippen LogP contribution in [0.5, 0.6) is 0 Å². The van der Waals surface area contributed by atoms with Crippen molar-refractivity contribution in [1.29, 1.82) is 0 Å². The molecular weight excluding hydrogens is 221 g/mol. The van der Waals surface area contributed by atoms with Crippen LogP contribution in [0.1, 0.15) is 10.4 Å². The second-order valence-electron chi connectivity index (χ2n) is 2.11. The molecule has 0 heterocycles. The average Bonchev–Trinajstić information content (AvgIpc) is 2.04. The monoisotopic (exact) mass is 225 g/mol. The van der Waals surface area contributed by atoms with Gasteiger partial charge in [0.1, 0.15) is 0 Å². The van der Waals surface area contributed by atoms with E-state index < -0.39 is 10.9 Å². The molecule has 0 aliphatic heterocycles. The number of non-ortho nitro benzene ring substituents is 1. The maximum atomic E-state index is 10.4. The predicted molar refractivity (Wildman–Crippen MR) is 40.1 cm³/mol. The minimum Gasteiger partial charge on any atom is -0.478 e. The van der Waals surface area contributed by atoms with Gasteiger partial charge in [0.05, 0.1) is 10.5 Å². The van der Waals surface area contributed by atoms with E-state index in [0.717, 1.165) is 6.07 Å². The molecule has 0 fully saturated rings. The van der Waals surface area contributed by atoms with Crippen LogP contribution in [0.4, 0.5) is 5.69 Å². The Balaban J connectivity index is 0.00000144. The summed E-state index contributed by atoms with van der Waals surface area (Å²) in [5, 5.41) is 18.7. The quantitative estimate of drug-likeness (QED) is 0.467. The number of carboxylic acids is 1. The molecule has 1 aromatic carbocycles. The van der Waals surface area contributed by atoms with E-state index in [1.165, 1.54) is 18.2 Å². The van der Waals surface area contributed by atoms with Crippen LogP contribution in [-0.2, 0) is 16.5 Å². The Morgan fingerprint density at radius 1 is 1.46 bits per heavy atom. The first kappa shape index (κ1) is 11.6. The third-order valence-electron chi connectivity index (χ3n) is 1.30. The topological polar surface area (TPSA) is 80.4 Å². The van der Waals surface area contributed by atoms with E-state index in [-0.39, 0.29) is 27.7 Å². The van der Waals surface area contributed by atoms with Crippen LogP contribution < -0.4 is 0 Å². The average molecular weight is 226 g/mol. The van der Waals surface area contributed by atoms with Crippen molar-refractivity contribution in [3.8, 4) is 0 Å². The van der Waals surface area contributed by atoms with Crippen molar-refractivity contribution in [1.82, 2.24) is 0 Å². The largest absolute Gasteiger partial charge is 0.478 e. The Labute approximate surface area is 83.5 Å². The number of nitrogens with zero attached hydrogens (tertiary/aromatic N) is 1. The van der Waals surface area contributed by atoms with Crippen LogP contribution in [0.2, 0.25) is 0 Å². The second-order valence-corrected chi connectivity index (χ2v) is 2.11. The van der Waals surface area contributed by atoms with Gasteiger partial charge in [-0.25, -0.2) is 4.79 Å². The van der Waals surface area contributed by atoms with Gasteiger partial charge in [0.15, 0.2) is 0 Å². The van der Waals surface area contributed by atoms with Gasteiger partial charge in [-0.15, -0.1) is 0 Å². The predicted octanol–water partition coefficient (Wildman–Crippen LogP) is 1.29. The standard InChI is InChI=1S/C7H5NO4.Ni/c9-7(10)5-2-1-3-6(4-5)8(11)12;/h1-4H,(H,9,10);. The van der Waals surface area contributed by atoms with E-state index in [0.29, 0.717) is 0 Å². The van der Waals surface area contributed by atoms with Crippen molar-refractivity contribution >= 4 is 11.7 Å². The molecule has 0 atom stereocenters. The SMILES string of the molecule is O=C(O)c1cccc([N+](=O)[O-])c1.[Ni]. The van der Waals surface area contributed by atoms with Gasteiger partial charge in [0.25, 0.3) is 5.69 Å². The number of carbonyl (C=O) groups is 1. The Kier molecular flexibility index (Phi) is 4.07. The first-order valence-corrected chi connectivity index (χ1v) is 3.09. The molecule has 72 valence electrons. The third-order valence-corrected chi connectivity index (χ3v) is 1.30. The van der Waals surface area contributed by atoms with E-state index in [1.54, 1.807) is 0 Å². The van der Waals surface area contributed by atoms with Crippen LogP contribution in [0.25, 0.3) is 0 Å². The fourth-order valence-corrected chi connectivity index (χ4v) is 0.753. The van der Waals surface area contributed by atoms with Gasteiger partial charge in [-0.1, -0.05) is 6.07 Å². The molecule has 0 bridgehead atoms. The van der Waals surface area contributed by atoms with Gasteiger partial charge in [-0.05, 0) is 6.07 Å². The van der Waals surface area contributed by atoms with E-state index in [1.807, 2.05) is 0 Å². The van der Waals surface area contributed by atoms with E-state index in [2.05, 4.69) is 0 Å². The summed E-state index contributed by atoms with van der Waals surface area (Å²) in [6.45, 7) is 0. The summed E-state index contributed by atoms with van der Waals surface area (Å²) in [5.41, 5.74) is -0.292. The van der Waals surface area contributed by atoms with Gasteiger partial charge in [-0.3, -0.25) is 10.1 Å². The maximum Gasteiger partial charge on any atom is 0.335 e. The molecule has 0 unspecified atom stereocenters. The molecule has 1 rings (SSSR count). The molecule has 1 N–H and O–H groups in total. The molecule has 0 saturated carbocycles. The van der Waals surface area contributed by atoms with Gasteiger partial charge in [-0.2, -0.15) is 0 Å². The number of carboxylic acid groups (broad SMARTS) is 1. The summed E-state index contributed by atoms with van der Waals surface area (Å²) < 4.78 is 0. The van der Waals surface area contributed by atoms with Crippen LogP contribution in [-0.4, -0.2) is 16.0 Å². The number of rotatable bonds is 2. The summed E-state index contributed by atoms with van der Waals surface area (Å²) in [5.74, 6) is -1.17. The molecule has 1 aromatic rings. The number of nitro benzene ring substituents is 1. The minimum absolute atomic E-state index is 0. The molecule has 0 aromatic heterocycles. The third kappa shape index (κ3) is 2.84. The fraction of sp³-hybridized carbons (Fsp3) is 0. The number of hydrogen-bond donors (Lipinski definition) is 1. The molecular formula is C7H5NNiO4. The van der Waals surface area contributed by atoms with Crippen LogP contribution in [0.3, 0.4) is 0 Å². The maximum absolute atomic E-state index is 10.4. The molecule has 0 saturated heterocycles. The molecule has 0 radical (unpaired) electrons. The van der Waals surface area contributed by atoms with E-state index in [4.69, 9.17) is 5.11 Å². The normalized spacial score (nSPS) is 8.62. The van der Waals surface area contributed by atoms with Crippen LogP contribution >= 0.6 is 0 Å². The Morgan fingerprint density at radius 3 is 2.54 bits per heavy atom. The van der Waals surface area contributed by atoms with Gasteiger partial charge < -0.3 is 5.11 Å². The van der Waals surface area contributed by atoms with Crippen LogP contribution in [0.15, 0.2) is 24.3 Å². The van der Waals surface area contributed by atoms with Crippen molar-refractivity contribution in [2.45, 2.75) is 0 Å². The number of aromatic carboxylic acids is 1. The van der Waals surface area contributed by atoms with Gasteiger partial charge in [0.2, 0.25) is 0 Å². The second kappa shape index (κ2) is 4.57. The first-order chi connectivity index (χ1) is 5.61. The molecule has 0 aliphatic carbocycles. The molecule has 5 nitrogen and oxygen atoms in total. The van der Waals surface area contributed by atoms with Crippen molar-refractivity contribution in [3.05, 3.63) is 39.9 Å². The Bertz CT molecular complexity index is 310. The van der Waals surface area contributed by atoms with Crippen molar-refractivity contribution in [2.24, 2.45) is 0 Å². The number of benzene rings is 1. The van der Waals surface area contributed by atoms with E-state index in [9.17, 15) is 14.9 Å². The zero-order chi connectivity index (χ0) is 9.14. The van der Waals surface area contributed by atoms with Gasteiger partial charge in [0, 0.05) is 28.6 Å². The van der Waals surface area contributed by atoms with Crippen LogP contribution in [0, 0.1) is 10.1 Å². The fourth-order valence-electron chi connectivity index (χ4n) is 0.753. The van der Waals surface area contributed by atoms with Gasteiger partial charge >= 0.3 is 5.97 Å². The van der Waals surface area contributed by atoms with Crippen molar-refractivity contribution in [3.63, 3.8) is 0 Å². The molecule has 0 aliphatic rings. The van der Waals surface area contributed by atoms with Crippen molar-refractivity contribution < 1.29 is 31.3 Å². The molecule has 13 heavy (non-hydrogen) atoms. The molecule has 0 amide bonds.